The van der Waals surface area contributed by atoms with Crippen LogP contribution in [0.3, 0.4) is 0 Å². The molecule has 1 saturated carbocycles. The van der Waals surface area contributed by atoms with Crippen LogP contribution in [0, 0.1) is 17.8 Å². The van der Waals surface area contributed by atoms with E-state index < -0.39 is 11.9 Å². The van der Waals surface area contributed by atoms with Gasteiger partial charge in [-0.15, -0.1) is 0 Å². The number of hydrogen-bond donors (Lipinski definition) is 1. The fraction of sp³-hybridized carbons (Fsp3) is 0.571. The first-order chi connectivity index (χ1) is 8.99. The van der Waals surface area contributed by atoms with Crippen molar-refractivity contribution in [1.82, 2.24) is 4.90 Å². The Morgan fingerprint density at radius 3 is 2.68 bits per heavy atom. The lowest BCUT2D eigenvalue weighted by atomic mass is 9.95. The Bertz CT molecular complexity index is 457. The van der Waals surface area contributed by atoms with Crippen LogP contribution in [-0.4, -0.2) is 28.9 Å². The number of thiophene rings is 1. The minimum Gasteiger partial charge on any atom is -0.481 e. The van der Waals surface area contributed by atoms with Crippen LogP contribution in [0.1, 0.15) is 25.3 Å². The predicted octanol–water partition coefficient (Wildman–Crippen LogP) is 2.45. The van der Waals surface area contributed by atoms with Gasteiger partial charge in [0, 0.05) is 13.6 Å². The summed E-state index contributed by atoms with van der Waals surface area (Å²) in [5, 5.41) is 13.2. The van der Waals surface area contributed by atoms with Crippen LogP contribution in [0.2, 0.25) is 0 Å². The molecule has 0 spiro atoms. The van der Waals surface area contributed by atoms with Crippen LogP contribution in [0.15, 0.2) is 16.8 Å². The van der Waals surface area contributed by atoms with E-state index in [1.54, 1.807) is 23.3 Å². The minimum absolute atomic E-state index is 0.0389. The zero-order valence-electron chi connectivity index (χ0n) is 11.2. The maximum absolute atomic E-state index is 12.4. The Hall–Kier alpha value is -1.36. The lowest BCUT2D eigenvalue weighted by Gasteiger charge is -2.23. The summed E-state index contributed by atoms with van der Waals surface area (Å²) in [6.45, 7) is 2.57. The quantitative estimate of drug-likeness (QED) is 0.922. The third kappa shape index (κ3) is 3.15. The molecule has 5 heteroatoms. The third-order valence-corrected chi connectivity index (χ3v) is 4.54. The van der Waals surface area contributed by atoms with Gasteiger partial charge in [0.2, 0.25) is 5.91 Å². The van der Waals surface area contributed by atoms with Crippen molar-refractivity contribution < 1.29 is 14.7 Å². The Kier molecular flexibility index (Phi) is 4.24. The first-order valence-electron chi connectivity index (χ1n) is 6.48. The molecular weight excluding hydrogens is 262 g/mol. The molecule has 1 aliphatic rings. The first kappa shape index (κ1) is 14.1. The summed E-state index contributed by atoms with van der Waals surface area (Å²) >= 11 is 1.60. The van der Waals surface area contributed by atoms with E-state index in [4.69, 9.17) is 0 Å². The normalized spacial score (nSPS) is 26.3. The van der Waals surface area contributed by atoms with Crippen LogP contribution >= 0.6 is 11.3 Å². The molecule has 2 rings (SSSR count). The number of rotatable bonds is 4. The van der Waals surface area contributed by atoms with E-state index >= 15 is 0 Å². The summed E-state index contributed by atoms with van der Waals surface area (Å²) in [4.78, 5) is 25.3. The first-order valence-corrected chi connectivity index (χ1v) is 7.42. The van der Waals surface area contributed by atoms with Crippen molar-refractivity contribution in [3.63, 3.8) is 0 Å². The highest BCUT2D eigenvalue weighted by Crippen LogP contribution is 2.37. The van der Waals surface area contributed by atoms with Crippen LogP contribution in [0.25, 0.3) is 0 Å². The molecule has 1 aliphatic carbocycles. The molecule has 19 heavy (non-hydrogen) atoms. The van der Waals surface area contributed by atoms with Crippen LogP contribution in [0.4, 0.5) is 0 Å². The van der Waals surface area contributed by atoms with Gasteiger partial charge in [-0.25, -0.2) is 0 Å². The molecule has 1 N–H and O–H groups in total. The molecule has 1 aromatic heterocycles. The highest BCUT2D eigenvalue weighted by atomic mass is 32.1. The lowest BCUT2D eigenvalue weighted by Crippen LogP contribution is -2.36. The van der Waals surface area contributed by atoms with Gasteiger partial charge in [0.05, 0.1) is 11.8 Å². The standard InChI is InChI=1S/C14H19NO3S/c1-9-5-11(12(6-9)14(17)18)13(16)15(2)7-10-3-4-19-8-10/h3-4,8-9,11-12H,5-7H2,1-2H3,(H,17,18)/t9?,11-,12+/m0/s1. The molecule has 0 radical (unpaired) electrons. The Morgan fingerprint density at radius 2 is 2.11 bits per heavy atom. The van der Waals surface area contributed by atoms with Gasteiger partial charge in [-0.05, 0) is 41.1 Å². The van der Waals surface area contributed by atoms with Gasteiger partial charge in [0.25, 0.3) is 0 Å². The maximum Gasteiger partial charge on any atom is 0.307 e. The van der Waals surface area contributed by atoms with E-state index in [2.05, 4.69) is 0 Å². The molecule has 104 valence electrons. The van der Waals surface area contributed by atoms with E-state index in [1.165, 1.54) is 0 Å². The van der Waals surface area contributed by atoms with Gasteiger partial charge < -0.3 is 10.0 Å². The highest BCUT2D eigenvalue weighted by molar-refractivity contribution is 7.07. The van der Waals surface area contributed by atoms with Crippen LogP contribution < -0.4 is 0 Å². The van der Waals surface area contributed by atoms with Crippen LogP contribution in [0.5, 0.6) is 0 Å². The van der Waals surface area contributed by atoms with Crippen molar-refractivity contribution in [3.05, 3.63) is 22.4 Å². The van der Waals surface area contributed by atoms with Gasteiger partial charge in [0.1, 0.15) is 0 Å². The summed E-state index contributed by atoms with van der Waals surface area (Å²) in [5.74, 6) is -1.46. The number of carboxylic acid groups (broad SMARTS) is 1. The number of aliphatic carboxylic acids is 1. The fourth-order valence-corrected chi connectivity index (χ4v) is 3.51. The van der Waals surface area contributed by atoms with Crippen molar-refractivity contribution >= 4 is 23.2 Å². The molecule has 1 unspecified atom stereocenters. The summed E-state index contributed by atoms with van der Waals surface area (Å²) in [6.07, 6.45) is 1.29. The van der Waals surface area contributed by atoms with Crippen molar-refractivity contribution in [2.75, 3.05) is 7.05 Å². The van der Waals surface area contributed by atoms with Crippen molar-refractivity contribution in [2.24, 2.45) is 17.8 Å². The third-order valence-electron chi connectivity index (χ3n) is 3.81. The SMILES string of the molecule is CC1C[C@H](C(=O)N(C)Cc2ccsc2)[C@H](C(=O)O)C1. The number of nitrogens with zero attached hydrogens (tertiary/aromatic N) is 1. The van der Waals surface area contributed by atoms with Crippen LogP contribution in [-0.2, 0) is 16.1 Å². The predicted molar refractivity (Wildman–Crippen MR) is 73.8 cm³/mol. The molecule has 1 amide bonds. The molecule has 1 fully saturated rings. The fourth-order valence-electron chi connectivity index (χ4n) is 2.86. The lowest BCUT2D eigenvalue weighted by molar-refractivity contribution is -0.148. The van der Waals surface area contributed by atoms with E-state index in [1.807, 2.05) is 23.8 Å². The Labute approximate surface area is 117 Å². The molecule has 0 saturated heterocycles. The smallest absolute Gasteiger partial charge is 0.307 e. The molecule has 3 atom stereocenters. The highest BCUT2D eigenvalue weighted by Gasteiger charge is 2.42. The zero-order valence-corrected chi connectivity index (χ0v) is 12.0. The molecule has 0 aliphatic heterocycles. The van der Waals surface area contributed by atoms with Crippen molar-refractivity contribution in [3.8, 4) is 0 Å². The Balaban J connectivity index is 2.03. The number of hydrogen-bond acceptors (Lipinski definition) is 3. The molecule has 1 aromatic rings. The van der Waals surface area contributed by atoms with Gasteiger partial charge in [-0.2, -0.15) is 11.3 Å². The van der Waals surface area contributed by atoms with Gasteiger partial charge >= 0.3 is 5.97 Å². The van der Waals surface area contributed by atoms with E-state index in [0.717, 1.165) is 5.56 Å². The minimum atomic E-state index is -0.841. The zero-order chi connectivity index (χ0) is 14.0. The number of amides is 1. The van der Waals surface area contributed by atoms with E-state index in [-0.39, 0.29) is 11.8 Å². The molecule has 1 heterocycles. The average molecular weight is 281 g/mol. The number of carboxylic acids is 1. The molecule has 0 bridgehead atoms. The second-order valence-corrected chi connectivity index (χ2v) is 6.23. The number of carbonyl (C=O) groups is 2. The summed E-state index contributed by atoms with van der Waals surface area (Å²) in [5.41, 5.74) is 1.10. The molecule has 0 aromatic carbocycles. The van der Waals surface area contributed by atoms with E-state index in [9.17, 15) is 14.7 Å². The van der Waals surface area contributed by atoms with Crippen molar-refractivity contribution in [1.29, 1.82) is 0 Å². The topological polar surface area (TPSA) is 57.6 Å². The second-order valence-electron chi connectivity index (χ2n) is 5.45. The van der Waals surface area contributed by atoms with Gasteiger partial charge in [-0.3, -0.25) is 9.59 Å². The maximum atomic E-state index is 12.4. The number of carbonyl (C=O) groups excluding carboxylic acids is 1. The van der Waals surface area contributed by atoms with E-state index in [0.29, 0.717) is 25.3 Å². The summed E-state index contributed by atoms with van der Waals surface area (Å²) < 4.78 is 0. The second kappa shape index (κ2) is 5.74. The average Bonchev–Trinajstić information content (AvgIpc) is 2.97. The molecule has 4 nitrogen and oxygen atoms in total. The summed E-state index contributed by atoms with van der Waals surface area (Å²) in [7, 11) is 1.75. The monoisotopic (exact) mass is 281 g/mol. The largest absolute Gasteiger partial charge is 0.481 e. The van der Waals surface area contributed by atoms with Gasteiger partial charge in [0.15, 0.2) is 0 Å². The summed E-state index contributed by atoms with van der Waals surface area (Å²) in [6, 6.07) is 1.99. The molecular formula is C14H19NO3S. The van der Waals surface area contributed by atoms with Gasteiger partial charge in [-0.1, -0.05) is 6.92 Å². The Morgan fingerprint density at radius 1 is 1.42 bits per heavy atom. The van der Waals surface area contributed by atoms with Crippen molar-refractivity contribution in [2.45, 2.75) is 26.3 Å².